The highest BCUT2D eigenvalue weighted by atomic mass is 16.8. The molecule has 0 aromatic carbocycles. The van der Waals surface area contributed by atoms with Gasteiger partial charge in [0.15, 0.2) is 0 Å². The van der Waals surface area contributed by atoms with Gasteiger partial charge in [-0.3, -0.25) is 0 Å². The van der Waals surface area contributed by atoms with Gasteiger partial charge in [-0.15, -0.1) is 0 Å². The molecule has 0 aliphatic rings. The zero-order valence-electron chi connectivity index (χ0n) is 8.62. The Morgan fingerprint density at radius 1 is 0.833 bits per heavy atom. The van der Waals surface area contributed by atoms with Crippen LogP contribution < -0.4 is 0 Å². The van der Waals surface area contributed by atoms with E-state index in [9.17, 15) is 0 Å². The molecule has 4 heteroatoms. The standard InChI is InChI=1S/C4H10O3.C4H10O/c1-5-4(6-2)7-3;1-3-5-4-2/h4H,1-3H3;3-4H2,1-2H3. The molecule has 0 atom stereocenters. The van der Waals surface area contributed by atoms with Crippen LogP contribution in [0.4, 0.5) is 0 Å². The van der Waals surface area contributed by atoms with Crippen molar-refractivity contribution in [1.82, 2.24) is 0 Å². The second kappa shape index (κ2) is 13.4. The highest BCUT2D eigenvalue weighted by Gasteiger charge is 1.96. The first kappa shape index (κ1) is 14.4. The van der Waals surface area contributed by atoms with Crippen molar-refractivity contribution >= 4 is 0 Å². The van der Waals surface area contributed by atoms with Crippen molar-refractivity contribution in [3.63, 3.8) is 0 Å². The molecule has 0 aliphatic heterocycles. The Morgan fingerprint density at radius 3 is 1.17 bits per heavy atom. The maximum absolute atomic E-state index is 4.83. The lowest BCUT2D eigenvalue weighted by Crippen LogP contribution is -2.14. The first-order valence-corrected chi connectivity index (χ1v) is 3.92. The summed E-state index contributed by atoms with van der Waals surface area (Å²) in [4.78, 5) is 0. The molecule has 0 rings (SSSR count). The zero-order chi connectivity index (χ0) is 9.82. The molecule has 0 heterocycles. The van der Waals surface area contributed by atoms with Crippen molar-refractivity contribution in [2.75, 3.05) is 34.5 Å². The van der Waals surface area contributed by atoms with Crippen LogP contribution in [0.5, 0.6) is 0 Å². The van der Waals surface area contributed by atoms with Crippen LogP contribution in [-0.4, -0.2) is 41.0 Å². The summed E-state index contributed by atoms with van der Waals surface area (Å²) in [5, 5.41) is 0. The Hall–Kier alpha value is -0.160. The number of ether oxygens (including phenoxy) is 4. The van der Waals surface area contributed by atoms with Crippen molar-refractivity contribution in [3.8, 4) is 0 Å². The molecular formula is C8H20O4. The van der Waals surface area contributed by atoms with Gasteiger partial charge < -0.3 is 18.9 Å². The second-order valence-electron chi connectivity index (χ2n) is 1.78. The lowest BCUT2D eigenvalue weighted by molar-refractivity contribution is -0.252. The Bertz CT molecular complexity index is 56.6. The first-order chi connectivity index (χ1) is 5.76. The fourth-order valence-corrected chi connectivity index (χ4v) is 0.493. The van der Waals surface area contributed by atoms with Crippen molar-refractivity contribution in [1.29, 1.82) is 0 Å². The Balaban J connectivity index is 0. The summed E-state index contributed by atoms with van der Waals surface area (Å²) < 4.78 is 18.6. The molecule has 0 aromatic rings. The van der Waals surface area contributed by atoms with E-state index in [1.807, 2.05) is 13.8 Å². The van der Waals surface area contributed by atoms with Gasteiger partial charge in [0, 0.05) is 34.5 Å². The summed E-state index contributed by atoms with van der Waals surface area (Å²) >= 11 is 0. The molecule has 0 saturated carbocycles. The lowest BCUT2D eigenvalue weighted by atomic mass is 10.8. The van der Waals surface area contributed by atoms with E-state index < -0.39 is 6.48 Å². The maximum Gasteiger partial charge on any atom is 0.270 e. The van der Waals surface area contributed by atoms with Crippen molar-refractivity contribution in [2.45, 2.75) is 20.3 Å². The molecule has 0 N–H and O–H groups in total. The van der Waals surface area contributed by atoms with Crippen molar-refractivity contribution in [3.05, 3.63) is 0 Å². The van der Waals surface area contributed by atoms with Gasteiger partial charge in [-0.2, -0.15) is 0 Å². The summed E-state index contributed by atoms with van der Waals surface area (Å²) in [5.41, 5.74) is 0. The van der Waals surface area contributed by atoms with Crippen LogP contribution >= 0.6 is 0 Å². The molecule has 0 amide bonds. The van der Waals surface area contributed by atoms with Crippen LogP contribution in [0.25, 0.3) is 0 Å². The topological polar surface area (TPSA) is 36.9 Å². The maximum atomic E-state index is 4.83. The third-order valence-electron chi connectivity index (χ3n) is 0.986. The number of methoxy groups -OCH3 is 3. The molecule has 0 radical (unpaired) electrons. The third kappa shape index (κ3) is 12.5. The van der Waals surface area contributed by atoms with E-state index in [1.54, 1.807) is 0 Å². The molecule has 12 heavy (non-hydrogen) atoms. The largest absolute Gasteiger partial charge is 0.382 e. The summed E-state index contributed by atoms with van der Waals surface area (Å²) in [5.74, 6) is 0. The highest BCUT2D eigenvalue weighted by Crippen LogP contribution is 1.87. The van der Waals surface area contributed by atoms with Crippen molar-refractivity contribution in [2.24, 2.45) is 0 Å². The molecule has 0 aromatic heterocycles. The van der Waals surface area contributed by atoms with E-state index >= 15 is 0 Å². The minimum absolute atomic E-state index is 0.514. The minimum atomic E-state index is -0.514. The molecule has 4 nitrogen and oxygen atoms in total. The van der Waals surface area contributed by atoms with Crippen LogP contribution in [0.15, 0.2) is 0 Å². The summed E-state index contributed by atoms with van der Waals surface area (Å²) in [7, 11) is 4.53. The van der Waals surface area contributed by atoms with Gasteiger partial charge in [0.25, 0.3) is 6.48 Å². The SMILES string of the molecule is CCOCC.COC(OC)OC. The second-order valence-corrected chi connectivity index (χ2v) is 1.78. The van der Waals surface area contributed by atoms with E-state index in [4.69, 9.17) is 4.74 Å². The van der Waals surface area contributed by atoms with Gasteiger partial charge in [0.05, 0.1) is 0 Å². The van der Waals surface area contributed by atoms with E-state index in [-0.39, 0.29) is 0 Å². The van der Waals surface area contributed by atoms with E-state index in [0.717, 1.165) is 13.2 Å². The fourth-order valence-electron chi connectivity index (χ4n) is 0.493. The average molecular weight is 180 g/mol. The molecular weight excluding hydrogens is 160 g/mol. The summed E-state index contributed by atoms with van der Waals surface area (Å²) in [6.45, 7) is 5.15. The predicted octanol–water partition coefficient (Wildman–Crippen LogP) is 1.25. The average Bonchev–Trinajstić information content (AvgIpc) is 2.10. The third-order valence-corrected chi connectivity index (χ3v) is 0.986. The van der Waals surface area contributed by atoms with Gasteiger partial charge >= 0.3 is 0 Å². The minimum Gasteiger partial charge on any atom is -0.382 e. The van der Waals surface area contributed by atoms with Crippen LogP contribution in [0.1, 0.15) is 13.8 Å². The predicted molar refractivity (Wildman–Crippen MR) is 47.0 cm³/mol. The van der Waals surface area contributed by atoms with E-state index in [0.29, 0.717) is 0 Å². The Kier molecular flexibility index (Phi) is 16.1. The van der Waals surface area contributed by atoms with Crippen LogP contribution in [0.2, 0.25) is 0 Å². The Labute approximate surface area is 74.8 Å². The first-order valence-electron chi connectivity index (χ1n) is 3.92. The molecule has 0 bridgehead atoms. The molecule has 0 unspecified atom stereocenters. The highest BCUT2D eigenvalue weighted by molar-refractivity contribution is 4.08. The molecule has 0 saturated heterocycles. The summed E-state index contributed by atoms with van der Waals surface area (Å²) in [6, 6.07) is 0. The van der Waals surface area contributed by atoms with Crippen LogP contribution in [-0.2, 0) is 18.9 Å². The van der Waals surface area contributed by atoms with E-state index in [1.165, 1.54) is 21.3 Å². The fraction of sp³-hybridized carbons (Fsp3) is 1.00. The van der Waals surface area contributed by atoms with Gasteiger partial charge in [0.1, 0.15) is 0 Å². The van der Waals surface area contributed by atoms with Crippen LogP contribution in [0, 0.1) is 0 Å². The smallest absolute Gasteiger partial charge is 0.270 e. The number of hydrogen-bond donors (Lipinski definition) is 0. The van der Waals surface area contributed by atoms with Gasteiger partial charge in [-0.1, -0.05) is 0 Å². The quantitative estimate of drug-likeness (QED) is 0.597. The van der Waals surface area contributed by atoms with Crippen molar-refractivity contribution < 1.29 is 18.9 Å². The van der Waals surface area contributed by atoms with Gasteiger partial charge in [0.2, 0.25) is 0 Å². The van der Waals surface area contributed by atoms with E-state index in [2.05, 4.69) is 14.2 Å². The molecule has 0 fully saturated rings. The lowest BCUT2D eigenvalue weighted by Gasteiger charge is -2.08. The van der Waals surface area contributed by atoms with Gasteiger partial charge in [-0.05, 0) is 13.8 Å². The molecule has 76 valence electrons. The molecule has 0 spiro atoms. The monoisotopic (exact) mass is 180 g/mol. The summed E-state index contributed by atoms with van der Waals surface area (Å²) in [6.07, 6.45) is 0. The zero-order valence-corrected chi connectivity index (χ0v) is 8.62. The Morgan fingerprint density at radius 2 is 1.17 bits per heavy atom. The number of rotatable bonds is 5. The number of hydrogen-bond acceptors (Lipinski definition) is 4. The van der Waals surface area contributed by atoms with Crippen LogP contribution in [0.3, 0.4) is 0 Å². The molecule has 0 aliphatic carbocycles. The normalized spacial score (nSPS) is 9.50. The van der Waals surface area contributed by atoms with Gasteiger partial charge in [-0.25, -0.2) is 0 Å².